The Balaban J connectivity index is 1.58. The normalized spacial score (nSPS) is 21.3. The molecular weight excluding hydrogens is 492 g/mol. The number of rotatable bonds is 4. The van der Waals surface area contributed by atoms with E-state index in [1.54, 1.807) is 24.5 Å². The Hall–Kier alpha value is -4.06. The fourth-order valence-electron chi connectivity index (χ4n) is 5.42. The van der Waals surface area contributed by atoms with Gasteiger partial charge >= 0.3 is 6.18 Å². The Morgan fingerprint density at radius 1 is 1.19 bits per heavy atom. The molecule has 0 radical (unpaired) electrons. The van der Waals surface area contributed by atoms with Gasteiger partial charge in [-0.05, 0) is 30.7 Å². The number of aromatic nitrogens is 3. The third kappa shape index (κ3) is 3.62. The molecule has 2 aliphatic heterocycles. The number of hydrogen-bond donors (Lipinski definition) is 5. The van der Waals surface area contributed by atoms with E-state index in [1.165, 1.54) is 19.2 Å². The van der Waals surface area contributed by atoms with Crippen molar-refractivity contribution in [1.82, 2.24) is 25.6 Å². The zero-order valence-electron chi connectivity index (χ0n) is 19.5. The molecule has 1 spiro atoms. The van der Waals surface area contributed by atoms with Gasteiger partial charge < -0.3 is 30.7 Å². The van der Waals surface area contributed by atoms with E-state index in [2.05, 4.69) is 30.9 Å². The summed E-state index contributed by atoms with van der Waals surface area (Å²) in [7, 11) is 1.33. The molecule has 192 valence electrons. The van der Waals surface area contributed by atoms with Gasteiger partial charge in [0.1, 0.15) is 11.7 Å². The zero-order valence-corrected chi connectivity index (χ0v) is 19.5. The van der Waals surface area contributed by atoms with Crippen molar-refractivity contribution in [2.75, 3.05) is 25.5 Å². The van der Waals surface area contributed by atoms with Crippen molar-refractivity contribution in [2.45, 2.75) is 24.1 Å². The number of nitrogens with one attached hydrogen (secondary N) is 5. The number of aromatic amines is 2. The molecule has 4 aromatic rings. The minimum absolute atomic E-state index is 0.0169. The van der Waals surface area contributed by atoms with Crippen molar-refractivity contribution in [2.24, 2.45) is 0 Å². The first-order chi connectivity index (χ1) is 17.7. The fourth-order valence-corrected chi connectivity index (χ4v) is 5.42. The predicted molar refractivity (Wildman–Crippen MR) is 129 cm³/mol. The van der Waals surface area contributed by atoms with E-state index in [0.717, 1.165) is 5.39 Å². The number of para-hydroxylation sites is 1. The molecule has 8 nitrogen and oxygen atoms in total. The number of carbonyl (C=O) groups excluding carboxylic acids is 1. The van der Waals surface area contributed by atoms with Crippen molar-refractivity contribution >= 4 is 28.3 Å². The molecule has 12 heteroatoms. The molecule has 1 amide bonds. The molecule has 6 rings (SSSR count). The molecule has 0 aliphatic carbocycles. The fraction of sp³-hybridized carbons (Fsp3) is 0.280. The van der Waals surface area contributed by atoms with E-state index >= 15 is 0 Å². The van der Waals surface area contributed by atoms with Gasteiger partial charge in [-0.2, -0.15) is 13.2 Å². The minimum Gasteiger partial charge on any atom is -0.492 e. The maximum atomic E-state index is 14.5. The highest BCUT2D eigenvalue weighted by Gasteiger charge is 2.54. The monoisotopic (exact) mass is 514 g/mol. The average molecular weight is 514 g/mol. The summed E-state index contributed by atoms with van der Waals surface area (Å²) in [5.74, 6) is -1.12. The van der Waals surface area contributed by atoms with Gasteiger partial charge in [-0.1, -0.05) is 6.07 Å². The second-order valence-electron chi connectivity index (χ2n) is 9.31. The Kier molecular flexibility index (Phi) is 5.19. The lowest BCUT2D eigenvalue weighted by Crippen LogP contribution is -2.48. The minimum atomic E-state index is -4.43. The van der Waals surface area contributed by atoms with Gasteiger partial charge in [-0.25, -0.2) is 9.37 Å². The second kappa shape index (κ2) is 8.23. The first kappa shape index (κ1) is 23.3. The van der Waals surface area contributed by atoms with Crippen LogP contribution in [0.3, 0.4) is 0 Å². The van der Waals surface area contributed by atoms with Gasteiger partial charge in [0.25, 0.3) is 5.91 Å². The standard InChI is InChI=1S/C25H22F4N6O2/c1-37-20-14(26)3-2-4-15(20)34-19-17-21(35-18(19)12-5-7-30-22-13(12)6-8-31-22)24(11-33-23(17)36)9-16(32-10-24)25(27,28)29/h2-8,16,32,34-35H,9-11H2,1H3,(H,30,31)(H,33,36)/t16-,24-/m0/s1. The Labute approximate surface area is 207 Å². The van der Waals surface area contributed by atoms with Crippen molar-refractivity contribution in [1.29, 1.82) is 0 Å². The first-order valence-corrected chi connectivity index (χ1v) is 11.6. The van der Waals surface area contributed by atoms with Crippen LogP contribution in [0.5, 0.6) is 5.75 Å². The molecular formula is C25H22F4N6O2. The number of ether oxygens (including phenoxy) is 1. The molecule has 3 aromatic heterocycles. The van der Waals surface area contributed by atoms with Gasteiger partial charge in [-0.15, -0.1) is 0 Å². The summed E-state index contributed by atoms with van der Waals surface area (Å²) < 4.78 is 60.6. The van der Waals surface area contributed by atoms with E-state index in [9.17, 15) is 22.4 Å². The number of nitrogens with zero attached hydrogens (tertiary/aromatic N) is 1. The lowest BCUT2D eigenvalue weighted by molar-refractivity contribution is -0.152. The number of benzene rings is 1. The molecule has 1 fully saturated rings. The number of H-pyrrole nitrogens is 2. The summed E-state index contributed by atoms with van der Waals surface area (Å²) in [6.07, 6.45) is -1.37. The summed E-state index contributed by atoms with van der Waals surface area (Å²) >= 11 is 0. The van der Waals surface area contributed by atoms with Crippen LogP contribution in [-0.2, 0) is 5.41 Å². The average Bonchev–Trinajstić information content (AvgIpc) is 3.59. The largest absolute Gasteiger partial charge is 0.492 e. The molecule has 0 bridgehead atoms. The van der Waals surface area contributed by atoms with E-state index in [1.807, 2.05) is 6.07 Å². The van der Waals surface area contributed by atoms with Crippen molar-refractivity contribution in [3.05, 3.63) is 59.8 Å². The van der Waals surface area contributed by atoms with Crippen molar-refractivity contribution in [3.63, 3.8) is 0 Å². The van der Waals surface area contributed by atoms with Crippen LogP contribution in [0.4, 0.5) is 28.9 Å². The lowest BCUT2D eigenvalue weighted by atomic mass is 9.77. The molecule has 2 aliphatic rings. The van der Waals surface area contributed by atoms with Crippen LogP contribution in [0, 0.1) is 5.82 Å². The molecule has 0 unspecified atom stereocenters. The van der Waals surface area contributed by atoms with Gasteiger partial charge in [0.15, 0.2) is 11.6 Å². The van der Waals surface area contributed by atoms with Gasteiger partial charge in [0.05, 0.1) is 29.7 Å². The number of fused-ring (bicyclic) bond motifs is 3. The van der Waals surface area contributed by atoms with Crippen LogP contribution < -0.4 is 20.7 Å². The smallest absolute Gasteiger partial charge is 0.403 e. The van der Waals surface area contributed by atoms with Gasteiger partial charge in [-0.3, -0.25) is 4.79 Å². The number of alkyl halides is 3. The summed E-state index contributed by atoms with van der Waals surface area (Å²) in [5.41, 5.74) is 1.85. The number of methoxy groups -OCH3 is 1. The van der Waals surface area contributed by atoms with Crippen LogP contribution in [0.15, 0.2) is 42.7 Å². The lowest BCUT2D eigenvalue weighted by Gasteiger charge is -2.33. The summed E-state index contributed by atoms with van der Waals surface area (Å²) in [6.45, 7) is 0.0556. The highest BCUT2D eigenvalue weighted by Crippen LogP contribution is 2.48. The Bertz CT molecular complexity index is 1530. The third-order valence-electron chi connectivity index (χ3n) is 7.18. The summed E-state index contributed by atoms with van der Waals surface area (Å²) in [6, 6.07) is 6.18. The molecule has 5 N–H and O–H groups in total. The number of halogens is 4. The maximum absolute atomic E-state index is 14.5. The van der Waals surface area contributed by atoms with Crippen LogP contribution >= 0.6 is 0 Å². The maximum Gasteiger partial charge on any atom is 0.403 e. The van der Waals surface area contributed by atoms with E-state index in [4.69, 9.17) is 4.74 Å². The summed E-state index contributed by atoms with van der Waals surface area (Å²) in [5, 5.41) is 9.24. The molecule has 1 aromatic carbocycles. The highest BCUT2D eigenvalue weighted by atomic mass is 19.4. The molecule has 2 atom stereocenters. The molecule has 5 heterocycles. The van der Waals surface area contributed by atoms with E-state index in [-0.39, 0.29) is 36.5 Å². The zero-order chi connectivity index (χ0) is 25.9. The number of pyridine rings is 1. The van der Waals surface area contributed by atoms with E-state index in [0.29, 0.717) is 28.3 Å². The Morgan fingerprint density at radius 2 is 2.03 bits per heavy atom. The third-order valence-corrected chi connectivity index (χ3v) is 7.18. The van der Waals surface area contributed by atoms with Crippen molar-refractivity contribution in [3.8, 4) is 17.0 Å². The van der Waals surface area contributed by atoms with Gasteiger partial charge in [0.2, 0.25) is 0 Å². The van der Waals surface area contributed by atoms with E-state index < -0.39 is 29.4 Å². The number of anilines is 2. The number of amides is 1. The molecule has 0 saturated carbocycles. The number of carbonyl (C=O) groups is 1. The van der Waals surface area contributed by atoms with Crippen molar-refractivity contribution < 1.29 is 27.1 Å². The van der Waals surface area contributed by atoms with Crippen LogP contribution in [0.2, 0.25) is 0 Å². The van der Waals surface area contributed by atoms with Crippen LogP contribution in [0.25, 0.3) is 22.3 Å². The van der Waals surface area contributed by atoms with Crippen LogP contribution in [-0.4, -0.2) is 53.3 Å². The molecule has 1 saturated heterocycles. The molecule has 37 heavy (non-hydrogen) atoms. The summed E-state index contributed by atoms with van der Waals surface area (Å²) in [4.78, 5) is 23.9. The second-order valence-corrected chi connectivity index (χ2v) is 9.31. The van der Waals surface area contributed by atoms with Crippen LogP contribution in [0.1, 0.15) is 22.5 Å². The topological polar surface area (TPSA) is 107 Å². The first-order valence-electron chi connectivity index (χ1n) is 11.6. The number of hydrogen-bond acceptors (Lipinski definition) is 5. The highest BCUT2D eigenvalue weighted by molar-refractivity contribution is 6.09. The quantitative estimate of drug-likeness (QED) is 0.260. The van der Waals surface area contributed by atoms with Gasteiger partial charge in [0, 0.05) is 47.5 Å². The Morgan fingerprint density at radius 3 is 2.78 bits per heavy atom. The SMILES string of the molecule is COc1c(F)cccc1Nc1c(-c2ccnc3[nH]ccc23)[nH]c2c1C(=O)NC[C@]21CN[C@H](C(F)(F)F)C1. The predicted octanol–water partition coefficient (Wildman–Crippen LogP) is 4.35.